The minimum atomic E-state index is -0.813. The standard InChI is InChI=1S/C12H19NO3/c14-11(15)7-8-13(10-3-1-2-4-10)12(16)9-5-6-9/h9-10H,1-8H2,(H,14,15). The first-order valence-electron chi connectivity index (χ1n) is 6.21. The van der Waals surface area contributed by atoms with Crippen LogP contribution >= 0.6 is 0 Å². The number of carboxylic acid groups (broad SMARTS) is 1. The van der Waals surface area contributed by atoms with E-state index in [2.05, 4.69) is 0 Å². The van der Waals surface area contributed by atoms with E-state index in [-0.39, 0.29) is 18.2 Å². The molecular formula is C12H19NO3. The van der Waals surface area contributed by atoms with Crippen LogP contribution in [0.1, 0.15) is 44.9 Å². The van der Waals surface area contributed by atoms with E-state index in [1.54, 1.807) is 0 Å². The molecule has 0 heterocycles. The van der Waals surface area contributed by atoms with Crippen molar-refractivity contribution >= 4 is 11.9 Å². The minimum Gasteiger partial charge on any atom is -0.481 e. The van der Waals surface area contributed by atoms with Crippen LogP contribution in [-0.2, 0) is 9.59 Å². The van der Waals surface area contributed by atoms with E-state index in [9.17, 15) is 9.59 Å². The first kappa shape index (κ1) is 11.4. The number of amides is 1. The second-order valence-corrected chi connectivity index (χ2v) is 4.89. The van der Waals surface area contributed by atoms with Crippen LogP contribution in [0, 0.1) is 5.92 Å². The summed E-state index contributed by atoms with van der Waals surface area (Å²) >= 11 is 0. The van der Waals surface area contributed by atoms with Gasteiger partial charge in [-0.15, -0.1) is 0 Å². The molecule has 0 aromatic rings. The molecule has 16 heavy (non-hydrogen) atoms. The SMILES string of the molecule is O=C(O)CCN(C(=O)C1CC1)C1CCCC1. The van der Waals surface area contributed by atoms with Crippen molar-refractivity contribution in [1.29, 1.82) is 0 Å². The van der Waals surface area contributed by atoms with Gasteiger partial charge in [0.1, 0.15) is 0 Å². The van der Waals surface area contributed by atoms with E-state index >= 15 is 0 Å². The van der Waals surface area contributed by atoms with Gasteiger partial charge in [0.15, 0.2) is 0 Å². The van der Waals surface area contributed by atoms with Crippen molar-refractivity contribution in [3.63, 3.8) is 0 Å². The van der Waals surface area contributed by atoms with E-state index in [4.69, 9.17) is 5.11 Å². The summed E-state index contributed by atoms with van der Waals surface area (Å²) in [7, 11) is 0. The highest BCUT2D eigenvalue weighted by atomic mass is 16.4. The highest BCUT2D eigenvalue weighted by Crippen LogP contribution is 2.34. The van der Waals surface area contributed by atoms with Gasteiger partial charge in [0.25, 0.3) is 0 Å². The zero-order valence-corrected chi connectivity index (χ0v) is 9.52. The normalized spacial score (nSPS) is 21.0. The Morgan fingerprint density at radius 3 is 2.25 bits per heavy atom. The molecule has 1 N–H and O–H groups in total. The molecule has 2 aliphatic rings. The number of rotatable bonds is 5. The van der Waals surface area contributed by atoms with Crippen LogP contribution in [0.25, 0.3) is 0 Å². The second kappa shape index (κ2) is 4.85. The van der Waals surface area contributed by atoms with Crippen molar-refractivity contribution in [1.82, 2.24) is 4.90 Å². The van der Waals surface area contributed by atoms with Gasteiger partial charge in [0, 0.05) is 18.5 Å². The molecule has 0 unspecified atom stereocenters. The molecule has 2 fully saturated rings. The van der Waals surface area contributed by atoms with Gasteiger partial charge in [-0.3, -0.25) is 9.59 Å². The third kappa shape index (κ3) is 2.74. The minimum absolute atomic E-state index is 0.0783. The molecule has 4 heteroatoms. The van der Waals surface area contributed by atoms with Gasteiger partial charge in [-0.05, 0) is 25.7 Å². The highest BCUT2D eigenvalue weighted by molar-refractivity contribution is 5.81. The zero-order chi connectivity index (χ0) is 11.5. The molecule has 0 radical (unpaired) electrons. The summed E-state index contributed by atoms with van der Waals surface area (Å²) in [5, 5.41) is 8.70. The fraction of sp³-hybridized carbons (Fsp3) is 0.833. The molecule has 2 aliphatic carbocycles. The monoisotopic (exact) mass is 225 g/mol. The molecule has 1 amide bonds. The van der Waals surface area contributed by atoms with Crippen LogP contribution in [0.4, 0.5) is 0 Å². The van der Waals surface area contributed by atoms with Gasteiger partial charge < -0.3 is 10.0 Å². The lowest BCUT2D eigenvalue weighted by molar-refractivity contribution is -0.139. The fourth-order valence-corrected chi connectivity index (χ4v) is 2.47. The van der Waals surface area contributed by atoms with Gasteiger partial charge in [-0.25, -0.2) is 0 Å². The number of carbonyl (C=O) groups is 2. The van der Waals surface area contributed by atoms with Crippen LogP contribution in [0.15, 0.2) is 0 Å². The molecule has 0 spiro atoms. The number of hydrogen-bond acceptors (Lipinski definition) is 2. The Kier molecular flexibility index (Phi) is 3.46. The summed E-state index contributed by atoms with van der Waals surface area (Å²) in [4.78, 5) is 24.5. The van der Waals surface area contributed by atoms with Crippen molar-refractivity contribution in [2.24, 2.45) is 5.92 Å². The lowest BCUT2D eigenvalue weighted by Crippen LogP contribution is -2.41. The molecule has 0 bridgehead atoms. The van der Waals surface area contributed by atoms with E-state index in [1.165, 1.54) is 12.8 Å². The predicted molar refractivity (Wildman–Crippen MR) is 58.9 cm³/mol. The Hall–Kier alpha value is -1.06. The van der Waals surface area contributed by atoms with Crippen molar-refractivity contribution in [3.05, 3.63) is 0 Å². The predicted octanol–water partition coefficient (Wildman–Crippen LogP) is 1.64. The molecule has 0 saturated heterocycles. The summed E-state index contributed by atoms with van der Waals surface area (Å²) in [6, 6.07) is 0.312. The Balaban J connectivity index is 1.93. The topological polar surface area (TPSA) is 57.6 Å². The Morgan fingerprint density at radius 2 is 1.75 bits per heavy atom. The number of aliphatic carboxylic acids is 1. The van der Waals surface area contributed by atoms with Gasteiger partial charge in [0.05, 0.1) is 6.42 Å². The van der Waals surface area contributed by atoms with Crippen LogP contribution in [0.2, 0.25) is 0 Å². The van der Waals surface area contributed by atoms with E-state index in [0.717, 1.165) is 25.7 Å². The van der Waals surface area contributed by atoms with Crippen LogP contribution in [-0.4, -0.2) is 34.5 Å². The van der Waals surface area contributed by atoms with Crippen LogP contribution in [0.5, 0.6) is 0 Å². The van der Waals surface area contributed by atoms with Gasteiger partial charge in [-0.1, -0.05) is 12.8 Å². The Labute approximate surface area is 95.6 Å². The number of nitrogens with zero attached hydrogens (tertiary/aromatic N) is 1. The molecule has 0 aliphatic heterocycles. The van der Waals surface area contributed by atoms with E-state index in [1.807, 2.05) is 4.90 Å². The summed E-state index contributed by atoms with van der Waals surface area (Å²) in [5.41, 5.74) is 0. The van der Waals surface area contributed by atoms with Crippen LogP contribution in [0.3, 0.4) is 0 Å². The van der Waals surface area contributed by atoms with Crippen LogP contribution < -0.4 is 0 Å². The Morgan fingerprint density at radius 1 is 1.12 bits per heavy atom. The largest absolute Gasteiger partial charge is 0.481 e. The average molecular weight is 225 g/mol. The molecule has 0 atom stereocenters. The summed E-state index contributed by atoms with van der Waals surface area (Å²) < 4.78 is 0. The maximum Gasteiger partial charge on any atom is 0.305 e. The van der Waals surface area contributed by atoms with Crippen molar-refractivity contribution in [2.75, 3.05) is 6.54 Å². The summed E-state index contributed by atoms with van der Waals surface area (Å²) in [6.07, 6.45) is 6.52. The maximum absolute atomic E-state index is 12.0. The van der Waals surface area contributed by atoms with E-state index < -0.39 is 5.97 Å². The number of carboxylic acids is 1. The molecule has 90 valence electrons. The molecule has 2 saturated carbocycles. The highest BCUT2D eigenvalue weighted by Gasteiger charge is 2.36. The zero-order valence-electron chi connectivity index (χ0n) is 9.52. The second-order valence-electron chi connectivity index (χ2n) is 4.89. The Bertz CT molecular complexity index is 280. The van der Waals surface area contributed by atoms with Crippen molar-refractivity contribution < 1.29 is 14.7 Å². The molecule has 2 rings (SSSR count). The third-order valence-electron chi connectivity index (χ3n) is 3.54. The van der Waals surface area contributed by atoms with Gasteiger partial charge in [0.2, 0.25) is 5.91 Å². The van der Waals surface area contributed by atoms with Crippen molar-refractivity contribution in [2.45, 2.75) is 51.0 Å². The number of hydrogen-bond donors (Lipinski definition) is 1. The van der Waals surface area contributed by atoms with Gasteiger partial charge in [-0.2, -0.15) is 0 Å². The first-order chi connectivity index (χ1) is 7.68. The first-order valence-corrected chi connectivity index (χ1v) is 6.21. The lowest BCUT2D eigenvalue weighted by Gasteiger charge is -2.28. The number of carbonyl (C=O) groups excluding carboxylic acids is 1. The third-order valence-corrected chi connectivity index (χ3v) is 3.54. The summed E-state index contributed by atoms with van der Waals surface area (Å²) in [6.45, 7) is 0.398. The molecular weight excluding hydrogens is 206 g/mol. The molecule has 4 nitrogen and oxygen atoms in total. The maximum atomic E-state index is 12.0. The fourth-order valence-electron chi connectivity index (χ4n) is 2.47. The quantitative estimate of drug-likeness (QED) is 0.773. The lowest BCUT2D eigenvalue weighted by atomic mass is 10.1. The van der Waals surface area contributed by atoms with Crippen molar-refractivity contribution in [3.8, 4) is 0 Å². The smallest absolute Gasteiger partial charge is 0.305 e. The molecule has 0 aromatic heterocycles. The van der Waals surface area contributed by atoms with E-state index in [0.29, 0.717) is 12.6 Å². The summed E-state index contributed by atoms with van der Waals surface area (Å²) in [5.74, 6) is -0.408. The average Bonchev–Trinajstić information content (AvgIpc) is 2.96. The van der Waals surface area contributed by atoms with Gasteiger partial charge >= 0.3 is 5.97 Å². The molecule has 0 aromatic carbocycles.